The second-order valence-electron chi connectivity index (χ2n) is 4.24. The normalized spacial score (nSPS) is 10.5. The van der Waals surface area contributed by atoms with E-state index in [9.17, 15) is 4.79 Å². The molecule has 0 bridgehead atoms. The summed E-state index contributed by atoms with van der Waals surface area (Å²) in [6.07, 6.45) is 0. The van der Waals surface area contributed by atoms with Crippen LogP contribution in [0.3, 0.4) is 0 Å². The zero-order valence-electron chi connectivity index (χ0n) is 10.4. The first-order valence-electron chi connectivity index (χ1n) is 5.80. The molecule has 0 spiro atoms. The number of esters is 1. The van der Waals surface area contributed by atoms with Gasteiger partial charge in [-0.05, 0) is 49.2 Å². The molecule has 0 aliphatic heterocycles. The van der Waals surface area contributed by atoms with Gasteiger partial charge in [0.25, 0.3) is 0 Å². The molecule has 2 aromatic rings. The Hall–Kier alpha value is -1.83. The monoisotopic (exact) mass is 228 g/mol. The summed E-state index contributed by atoms with van der Waals surface area (Å²) in [6, 6.07) is 10.0. The number of hydrogen-bond donors (Lipinski definition) is 0. The fraction of sp³-hybridized carbons (Fsp3) is 0.267. The molecule has 0 aliphatic carbocycles. The van der Waals surface area contributed by atoms with Crippen molar-refractivity contribution in [1.82, 2.24) is 0 Å². The van der Waals surface area contributed by atoms with E-state index in [4.69, 9.17) is 4.74 Å². The fourth-order valence-corrected chi connectivity index (χ4v) is 2.01. The summed E-state index contributed by atoms with van der Waals surface area (Å²) < 4.78 is 5.02. The van der Waals surface area contributed by atoms with Crippen molar-refractivity contribution < 1.29 is 9.53 Å². The van der Waals surface area contributed by atoms with Crippen molar-refractivity contribution >= 4 is 16.7 Å². The average molecular weight is 228 g/mol. The van der Waals surface area contributed by atoms with Gasteiger partial charge in [0, 0.05) is 0 Å². The summed E-state index contributed by atoms with van der Waals surface area (Å²) in [5.41, 5.74) is 2.92. The van der Waals surface area contributed by atoms with Gasteiger partial charge in [0.15, 0.2) is 0 Å². The minimum Gasteiger partial charge on any atom is -0.462 e. The summed E-state index contributed by atoms with van der Waals surface area (Å²) in [5.74, 6) is -0.251. The lowest BCUT2D eigenvalue weighted by Crippen LogP contribution is -2.04. The van der Waals surface area contributed by atoms with Crippen LogP contribution in [0.25, 0.3) is 10.8 Å². The maximum atomic E-state index is 11.7. The van der Waals surface area contributed by atoms with Crippen LogP contribution in [0.4, 0.5) is 0 Å². The van der Waals surface area contributed by atoms with Gasteiger partial charge in [-0.1, -0.05) is 23.8 Å². The Bertz CT molecular complexity index is 570. The number of ether oxygens (including phenoxy) is 1. The SMILES string of the molecule is CCOC(=O)c1cc(C)c2ccc(C)cc2c1. The van der Waals surface area contributed by atoms with Gasteiger partial charge in [-0.25, -0.2) is 4.79 Å². The highest BCUT2D eigenvalue weighted by atomic mass is 16.5. The summed E-state index contributed by atoms with van der Waals surface area (Å²) in [6.45, 7) is 6.28. The highest BCUT2D eigenvalue weighted by Gasteiger charge is 2.09. The number of aryl methyl sites for hydroxylation is 2. The van der Waals surface area contributed by atoms with E-state index in [-0.39, 0.29) is 5.97 Å². The van der Waals surface area contributed by atoms with Crippen LogP contribution in [-0.4, -0.2) is 12.6 Å². The summed E-state index contributed by atoms with van der Waals surface area (Å²) >= 11 is 0. The minimum atomic E-state index is -0.251. The fourth-order valence-electron chi connectivity index (χ4n) is 2.01. The molecule has 2 rings (SSSR count). The Labute approximate surface area is 101 Å². The van der Waals surface area contributed by atoms with E-state index in [2.05, 4.69) is 18.2 Å². The second kappa shape index (κ2) is 4.58. The van der Waals surface area contributed by atoms with Gasteiger partial charge in [-0.15, -0.1) is 0 Å². The van der Waals surface area contributed by atoms with Crippen LogP contribution in [0.5, 0.6) is 0 Å². The minimum absolute atomic E-state index is 0.251. The second-order valence-corrected chi connectivity index (χ2v) is 4.24. The van der Waals surface area contributed by atoms with Crippen molar-refractivity contribution in [3.63, 3.8) is 0 Å². The molecule has 0 heterocycles. The van der Waals surface area contributed by atoms with Crippen LogP contribution >= 0.6 is 0 Å². The molecule has 0 unspecified atom stereocenters. The molecular formula is C15H16O2. The molecule has 0 amide bonds. The van der Waals surface area contributed by atoms with Crippen molar-refractivity contribution in [3.05, 3.63) is 47.0 Å². The molecular weight excluding hydrogens is 212 g/mol. The van der Waals surface area contributed by atoms with Crippen LogP contribution in [0.15, 0.2) is 30.3 Å². The van der Waals surface area contributed by atoms with Crippen LogP contribution in [0.1, 0.15) is 28.4 Å². The number of carbonyl (C=O) groups excluding carboxylic acids is 1. The molecule has 0 atom stereocenters. The number of carbonyl (C=O) groups is 1. The zero-order valence-corrected chi connectivity index (χ0v) is 10.4. The summed E-state index contributed by atoms with van der Waals surface area (Å²) in [4.78, 5) is 11.7. The van der Waals surface area contributed by atoms with Crippen LogP contribution in [-0.2, 0) is 4.74 Å². The Balaban J connectivity index is 2.57. The molecule has 2 heteroatoms. The molecule has 0 radical (unpaired) electrons. The van der Waals surface area contributed by atoms with Gasteiger partial charge in [0.1, 0.15) is 0 Å². The number of benzene rings is 2. The molecule has 0 aromatic heterocycles. The number of hydrogen-bond acceptors (Lipinski definition) is 2. The molecule has 0 aliphatic rings. The molecule has 0 fully saturated rings. The Kier molecular flexibility index (Phi) is 3.14. The third kappa shape index (κ3) is 2.31. The first kappa shape index (κ1) is 11.6. The van der Waals surface area contributed by atoms with E-state index < -0.39 is 0 Å². The van der Waals surface area contributed by atoms with E-state index in [0.29, 0.717) is 12.2 Å². The molecule has 2 aromatic carbocycles. The van der Waals surface area contributed by atoms with E-state index in [0.717, 1.165) is 10.9 Å². The largest absolute Gasteiger partial charge is 0.462 e. The van der Waals surface area contributed by atoms with Gasteiger partial charge in [0.05, 0.1) is 12.2 Å². The molecule has 0 saturated heterocycles. The first-order chi connectivity index (χ1) is 8.11. The van der Waals surface area contributed by atoms with Gasteiger partial charge >= 0.3 is 5.97 Å². The molecule has 0 N–H and O–H groups in total. The van der Waals surface area contributed by atoms with E-state index >= 15 is 0 Å². The Morgan fingerprint density at radius 3 is 2.65 bits per heavy atom. The van der Waals surface area contributed by atoms with Crippen LogP contribution < -0.4 is 0 Å². The Morgan fingerprint density at radius 1 is 1.18 bits per heavy atom. The standard InChI is InChI=1S/C15H16O2/c1-4-17-15(16)13-8-11(3)14-6-5-10(2)7-12(14)9-13/h5-9H,4H2,1-3H3. The summed E-state index contributed by atoms with van der Waals surface area (Å²) in [5, 5.41) is 2.27. The molecule has 2 nitrogen and oxygen atoms in total. The molecule has 17 heavy (non-hydrogen) atoms. The van der Waals surface area contributed by atoms with Gasteiger partial charge in [-0.3, -0.25) is 0 Å². The van der Waals surface area contributed by atoms with Crippen LogP contribution in [0.2, 0.25) is 0 Å². The predicted molar refractivity (Wildman–Crippen MR) is 69.4 cm³/mol. The third-order valence-corrected chi connectivity index (χ3v) is 2.83. The summed E-state index contributed by atoms with van der Waals surface area (Å²) in [7, 11) is 0. The van der Waals surface area contributed by atoms with Crippen molar-refractivity contribution in [3.8, 4) is 0 Å². The topological polar surface area (TPSA) is 26.3 Å². The van der Waals surface area contributed by atoms with Crippen molar-refractivity contribution in [1.29, 1.82) is 0 Å². The van der Waals surface area contributed by atoms with Gasteiger partial charge in [-0.2, -0.15) is 0 Å². The van der Waals surface area contributed by atoms with Crippen molar-refractivity contribution in [2.45, 2.75) is 20.8 Å². The highest BCUT2D eigenvalue weighted by Crippen LogP contribution is 2.22. The average Bonchev–Trinajstić information content (AvgIpc) is 2.28. The van der Waals surface area contributed by atoms with E-state index in [1.54, 1.807) is 0 Å². The van der Waals surface area contributed by atoms with E-state index in [1.165, 1.54) is 10.9 Å². The lowest BCUT2D eigenvalue weighted by molar-refractivity contribution is 0.0526. The number of rotatable bonds is 2. The number of fused-ring (bicyclic) bond motifs is 1. The van der Waals surface area contributed by atoms with Crippen LogP contribution in [0, 0.1) is 13.8 Å². The molecule has 88 valence electrons. The van der Waals surface area contributed by atoms with Gasteiger partial charge < -0.3 is 4.74 Å². The van der Waals surface area contributed by atoms with E-state index in [1.807, 2.05) is 32.9 Å². The highest BCUT2D eigenvalue weighted by molar-refractivity contribution is 5.97. The smallest absolute Gasteiger partial charge is 0.338 e. The third-order valence-electron chi connectivity index (χ3n) is 2.83. The maximum Gasteiger partial charge on any atom is 0.338 e. The first-order valence-corrected chi connectivity index (χ1v) is 5.80. The Morgan fingerprint density at radius 2 is 1.94 bits per heavy atom. The van der Waals surface area contributed by atoms with Crippen molar-refractivity contribution in [2.75, 3.05) is 6.61 Å². The predicted octanol–water partition coefficient (Wildman–Crippen LogP) is 3.63. The molecule has 0 saturated carbocycles. The lowest BCUT2D eigenvalue weighted by Gasteiger charge is -2.07. The lowest BCUT2D eigenvalue weighted by atomic mass is 10.0. The zero-order chi connectivity index (χ0) is 12.4. The quantitative estimate of drug-likeness (QED) is 0.734. The van der Waals surface area contributed by atoms with Crippen molar-refractivity contribution in [2.24, 2.45) is 0 Å². The maximum absolute atomic E-state index is 11.7. The van der Waals surface area contributed by atoms with Gasteiger partial charge in [0.2, 0.25) is 0 Å².